The van der Waals surface area contributed by atoms with Crippen LogP contribution < -0.4 is 15.8 Å². The highest BCUT2D eigenvalue weighted by Crippen LogP contribution is 2.40. The molecule has 5 nitrogen and oxygen atoms in total. The van der Waals surface area contributed by atoms with E-state index < -0.39 is 6.09 Å². The summed E-state index contributed by atoms with van der Waals surface area (Å²) in [6, 6.07) is 24.7. The van der Waals surface area contributed by atoms with E-state index in [0.717, 1.165) is 39.3 Å². The summed E-state index contributed by atoms with van der Waals surface area (Å²) in [5, 5.41) is 4.46. The number of nitrogens with one attached hydrogen (secondary N) is 2. The van der Waals surface area contributed by atoms with Gasteiger partial charge in [0, 0.05) is 28.9 Å². The van der Waals surface area contributed by atoms with Crippen molar-refractivity contribution in [2.45, 2.75) is 29.8 Å². The number of aryl methyl sites for hydroxylation is 1. The molecule has 1 amide bonds. The predicted molar refractivity (Wildman–Crippen MR) is 121 cm³/mol. The topological polar surface area (TPSA) is 80.1 Å². The van der Waals surface area contributed by atoms with Gasteiger partial charge in [-0.05, 0) is 36.2 Å². The zero-order valence-corrected chi connectivity index (χ0v) is 17.5. The van der Waals surface area contributed by atoms with Gasteiger partial charge in [0.05, 0.1) is 4.90 Å². The van der Waals surface area contributed by atoms with E-state index >= 15 is 0 Å². The van der Waals surface area contributed by atoms with E-state index in [9.17, 15) is 4.79 Å². The van der Waals surface area contributed by atoms with Crippen LogP contribution >= 0.6 is 11.8 Å². The molecule has 0 unspecified atom stereocenters. The molecule has 1 heterocycles. The third-order valence-corrected chi connectivity index (χ3v) is 5.84. The van der Waals surface area contributed by atoms with Gasteiger partial charge in [0.1, 0.15) is 0 Å². The normalized spacial score (nSPS) is 11.0. The number of aromatic amines is 1. The molecule has 3 aromatic carbocycles. The van der Waals surface area contributed by atoms with E-state index in [0.29, 0.717) is 5.88 Å². The van der Waals surface area contributed by atoms with E-state index in [2.05, 4.69) is 53.6 Å². The molecule has 0 atom stereocenters. The van der Waals surface area contributed by atoms with Crippen molar-refractivity contribution in [1.29, 1.82) is 0 Å². The van der Waals surface area contributed by atoms with Gasteiger partial charge in [0.2, 0.25) is 5.88 Å². The number of hydrogen-bond donors (Lipinski definition) is 3. The minimum absolute atomic E-state index is 0.371. The van der Waals surface area contributed by atoms with E-state index in [1.807, 2.05) is 36.4 Å². The van der Waals surface area contributed by atoms with Crippen molar-refractivity contribution in [3.8, 4) is 5.88 Å². The lowest BCUT2D eigenvalue weighted by Gasteiger charge is -2.06. The molecule has 4 rings (SSSR count). The molecule has 0 saturated carbocycles. The summed E-state index contributed by atoms with van der Waals surface area (Å²) in [7, 11) is 0. The van der Waals surface area contributed by atoms with Gasteiger partial charge in [-0.15, -0.1) is 0 Å². The van der Waals surface area contributed by atoms with Gasteiger partial charge >= 0.3 is 6.09 Å². The van der Waals surface area contributed by atoms with Gasteiger partial charge in [-0.25, -0.2) is 4.79 Å². The number of fused-ring (bicyclic) bond motifs is 1. The number of benzene rings is 3. The quantitative estimate of drug-likeness (QED) is 0.377. The second kappa shape index (κ2) is 9.07. The molecule has 6 heteroatoms. The lowest BCUT2D eigenvalue weighted by molar-refractivity contribution is 0.208. The molecule has 0 bridgehead atoms. The number of rotatable bonds is 7. The minimum atomic E-state index is -0.837. The Bertz CT molecular complexity index is 1150. The van der Waals surface area contributed by atoms with E-state index in [-0.39, 0.29) is 0 Å². The van der Waals surface area contributed by atoms with Crippen LogP contribution in [0.3, 0.4) is 0 Å². The Hall–Kier alpha value is -3.22. The number of amides is 1. The van der Waals surface area contributed by atoms with E-state index in [4.69, 9.17) is 10.5 Å². The summed E-state index contributed by atoms with van der Waals surface area (Å²) in [5.41, 5.74) is 9.82. The molecule has 0 fully saturated rings. The van der Waals surface area contributed by atoms with Crippen LogP contribution in [0, 0.1) is 6.92 Å². The smallest absolute Gasteiger partial charge is 0.392 e. The highest BCUT2D eigenvalue weighted by molar-refractivity contribution is 7.99. The number of carbonyl (C=O) groups excluding carboxylic acids is 1. The number of primary amides is 1. The van der Waals surface area contributed by atoms with Gasteiger partial charge in [-0.2, -0.15) is 0 Å². The molecule has 152 valence electrons. The van der Waals surface area contributed by atoms with Crippen LogP contribution in [0.25, 0.3) is 10.9 Å². The van der Waals surface area contributed by atoms with Crippen LogP contribution in [0.15, 0.2) is 82.6 Å². The molecule has 0 saturated heterocycles. The van der Waals surface area contributed by atoms with Crippen molar-refractivity contribution < 1.29 is 9.53 Å². The van der Waals surface area contributed by atoms with Gasteiger partial charge in [0.15, 0.2) is 0 Å². The van der Waals surface area contributed by atoms with Crippen LogP contribution in [0.1, 0.15) is 16.7 Å². The predicted octanol–water partition coefficient (Wildman–Crippen LogP) is 5.37. The Morgan fingerprint density at radius 2 is 1.70 bits per heavy atom. The molecule has 1 aromatic heterocycles. The van der Waals surface area contributed by atoms with Crippen LogP contribution in [-0.4, -0.2) is 11.1 Å². The van der Waals surface area contributed by atoms with Crippen molar-refractivity contribution in [3.63, 3.8) is 0 Å². The Labute approximate surface area is 179 Å². The highest BCUT2D eigenvalue weighted by Gasteiger charge is 2.16. The number of carbonyl (C=O) groups is 1. The molecule has 0 spiro atoms. The molecular formula is C24H23N3O2S. The summed E-state index contributed by atoms with van der Waals surface area (Å²) < 4.78 is 5.24. The Morgan fingerprint density at radius 3 is 2.43 bits per heavy atom. The lowest BCUT2D eigenvalue weighted by Crippen LogP contribution is -2.16. The molecule has 4 N–H and O–H groups in total. The first-order valence-electron chi connectivity index (χ1n) is 9.69. The second-order valence-corrected chi connectivity index (χ2v) is 8.17. The molecule has 0 aliphatic rings. The Balaban J connectivity index is 1.54. The first kappa shape index (κ1) is 20.1. The number of H-pyrrole nitrogens is 1. The third-order valence-electron chi connectivity index (χ3n) is 4.73. The second-order valence-electron chi connectivity index (χ2n) is 7.09. The lowest BCUT2D eigenvalue weighted by atomic mass is 10.1. The first-order valence-corrected chi connectivity index (χ1v) is 10.5. The molecular weight excluding hydrogens is 394 g/mol. The van der Waals surface area contributed by atoms with Crippen molar-refractivity contribution in [1.82, 2.24) is 10.3 Å². The van der Waals surface area contributed by atoms with Gasteiger partial charge in [-0.1, -0.05) is 71.9 Å². The minimum Gasteiger partial charge on any atom is -0.392 e. The first-order chi connectivity index (χ1) is 14.6. The van der Waals surface area contributed by atoms with Gasteiger partial charge in [0.25, 0.3) is 0 Å². The summed E-state index contributed by atoms with van der Waals surface area (Å²) in [6.07, 6.45) is -0.837. The Morgan fingerprint density at radius 1 is 1.00 bits per heavy atom. The maximum atomic E-state index is 11.4. The summed E-state index contributed by atoms with van der Waals surface area (Å²) >= 11 is 1.53. The number of hydrogen-bond acceptors (Lipinski definition) is 4. The average Bonchev–Trinajstić information content (AvgIpc) is 3.06. The molecule has 30 heavy (non-hydrogen) atoms. The van der Waals surface area contributed by atoms with Crippen LogP contribution in [0.5, 0.6) is 5.88 Å². The largest absolute Gasteiger partial charge is 0.411 e. The zero-order valence-electron chi connectivity index (χ0n) is 16.6. The van der Waals surface area contributed by atoms with Gasteiger partial charge < -0.3 is 20.8 Å². The summed E-state index contributed by atoms with van der Waals surface area (Å²) in [6.45, 7) is 3.62. The van der Waals surface area contributed by atoms with Crippen molar-refractivity contribution >= 4 is 28.8 Å². The number of nitrogens with two attached hydrogens (primary N) is 1. The fourth-order valence-corrected chi connectivity index (χ4v) is 4.24. The maximum absolute atomic E-state index is 11.4. The van der Waals surface area contributed by atoms with Gasteiger partial charge in [-0.3, -0.25) is 0 Å². The van der Waals surface area contributed by atoms with Crippen molar-refractivity contribution in [3.05, 3.63) is 89.5 Å². The highest BCUT2D eigenvalue weighted by atomic mass is 32.2. The standard InChI is InChI=1S/C24H23N3O2S/c1-16-7-9-17(10-8-16)14-26-15-18-11-12-20-21(13-18)27-23(29-24(25)28)22(20)30-19-5-3-2-4-6-19/h2-13,26-27H,14-15H2,1H3,(H2,25,28). The molecule has 0 aliphatic heterocycles. The molecule has 0 aliphatic carbocycles. The number of ether oxygens (including phenoxy) is 1. The van der Waals surface area contributed by atoms with Crippen LogP contribution in [0.2, 0.25) is 0 Å². The fourth-order valence-electron chi connectivity index (χ4n) is 3.24. The monoisotopic (exact) mass is 417 g/mol. The summed E-state index contributed by atoms with van der Waals surface area (Å²) in [4.78, 5) is 16.5. The average molecular weight is 418 g/mol. The fraction of sp³-hybridized carbons (Fsp3) is 0.125. The van der Waals surface area contributed by atoms with Crippen LogP contribution in [0.4, 0.5) is 4.79 Å². The molecule has 0 radical (unpaired) electrons. The number of aromatic nitrogens is 1. The summed E-state index contributed by atoms with van der Waals surface area (Å²) in [5.74, 6) is 0.371. The SMILES string of the molecule is Cc1ccc(CNCc2ccc3c(Sc4ccccc4)c(OC(N)=O)[nH]c3c2)cc1. The van der Waals surface area contributed by atoms with Crippen LogP contribution in [-0.2, 0) is 13.1 Å². The van der Waals surface area contributed by atoms with E-state index in [1.54, 1.807) is 0 Å². The van der Waals surface area contributed by atoms with Crippen molar-refractivity contribution in [2.24, 2.45) is 5.73 Å². The third kappa shape index (κ3) is 4.84. The van der Waals surface area contributed by atoms with E-state index in [1.165, 1.54) is 22.9 Å². The zero-order chi connectivity index (χ0) is 20.9. The maximum Gasteiger partial charge on any atom is 0.411 e. The Kier molecular flexibility index (Phi) is 6.07. The molecule has 4 aromatic rings. The van der Waals surface area contributed by atoms with Crippen molar-refractivity contribution in [2.75, 3.05) is 0 Å².